The van der Waals surface area contributed by atoms with Crippen LogP contribution in [-0.2, 0) is 4.74 Å². The number of hydrogen-bond acceptors (Lipinski definition) is 4. The SMILES string of the molecule is Cc1nc(C(=O)N2CCOCC2)sc1C. The van der Waals surface area contributed by atoms with E-state index in [0.29, 0.717) is 31.3 Å². The van der Waals surface area contributed by atoms with E-state index in [0.717, 1.165) is 10.6 Å². The molecule has 82 valence electrons. The van der Waals surface area contributed by atoms with Crippen molar-refractivity contribution in [2.24, 2.45) is 0 Å². The first-order valence-corrected chi connectivity index (χ1v) is 5.81. The number of amides is 1. The average molecular weight is 226 g/mol. The molecule has 1 fully saturated rings. The highest BCUT2D eigenvalue weighted by Crippen LogP contribution is 2.18. The van der Waals surface area contributed by atoms with Gasteiger partial charge in [-0.05, 0) is 13.8 Å². The second kappa shape index (κ2) is 4.28. The molecule has 5 heteroatoms. The van der Waals surface area contributed by atoms with Gasteiger partial charge >= 0.3 is 0 Å². The van der Waals surface area contributed by atoms with Gasteiger partial charge in [-0.2, -0.15) is 0 Å². The molecule has 0 saturated carbocycles. The number of carbonyl (C=O) groups is 1. The molecule has 1 saturated heterocycles. The Morgan fingerprint density at radius 1 is 1.40 bits per heavy atom. The highest BCUT2D eigenvalue weighted by molar-refractivity contribution is 7.13. The normalized spacial score (nSPS) is 16.8. The summed E-state index contributed by atoms with van der Waals surface area (Å²) in [5.74, 6) is 0.0412. The van der Waals surface area contributed by atoms with E-state index < -0.39 is 0 Å². The predicted molar refractivity (Wildman–Crippen MR) is 58.3 cm³/mol. The van der Waals surface area contributed by atoms with Gasteiger partial charge in [0.25, 0.3) is 5.91 Å². The topological polar surface area (TPSA) is 42.4 Å². The standard InChI is InChI=1S/C10H14N2O2S/c1-7-8(2)15-9(11-7)10(13)12-3-5-14-6-4-12/h3-6H2,1-2H3. The van der Waals surface area contributed by atoms with Gasteiger partial charge in [-0.25, -0.2) is 4.98 Å². The van der Waals surface area contributed by atoms with Crippen molar-refractivity contribution < 1.29 is 9.53 Å². The molecule has 0 bridgehead atoms. The zero-order valence-corrected chi connectivity index (χ0v) is 9.76. The smallest absolute Gasteiger partial charge is 0.283 e. The lowest BCUT2D eigenvalue weighted by Crippen LogP contribution is -2.40. The average Bonchev–Trinajstić information content (AvgIpc) is 2.59. The summed E-state index contributed by atoms with van der Waals surface area (Å²) in [5.41, 5.74) is 0.955. The molecular weight excluding hydrogens is 212 g/mol. The Labute approximate surface area is 92.9 Å². The van der Waals surface area contributed by atoms with Crippen molar-refractivity contribution >= 4 is 17.2 Å². The highest BCUT2D eigenvalue weighted by atomic mass is 32.1. The van der Waals surface area contributed by atoms with E-state index in [1.165, 1.54) is 11.3 Å². The van der Waals surface area contributed by atoms with Gasteiger partial charge in [0.05, 0.1) is 18.9 Å². The van der Waals surface area contributed by atoms with Crippen LogP contribution in [0.15, 0.2) is 0 Å². The fraction of sp³-hybridized carbons (Fsp3) is 0.600. The van der Waals surface area contributed by atoms with Crippen LogP contribution < -0.4 is 0 Å². The molecule has 1 aromatic heterocycles. The molecule has 0 N–H and O–H groups in total. The molecule has 4 nitrogen and oxygen atoms in total. The fourth-order valence-electron chi connectivity index (χ4n) is 1.47. The largest absolute Gasteiger partial charge is 0.378 e. The third-order valence-corrected chi connectivity index (χ3v) is 3.57. The molecular formula is C10H14N2O2S. The van der Waals surface area contributed by atoms with E-state index >= 15 is 0 Å². The Balaban J connectivity index is 2.12. The van der Waals surface area contributed by atoms with Crippen molar-refractivity contribution in [1.82, 2.24) is 9.88 Å². The fourth-order valence-corrected chi connectivity index (χ4v) is 2.35. The minimum absolute atomic E-state index is 0.0412. The lowest BCUT2D eigenvalue weighted by atomic mass is 10.4. The predicted octanol–water partition coefficient (Wildman–Crippen LogP) is 1.23. The van der Waals surface area contributed by atoms with Crippen molar-refractivity contribution in [3.05, 3.63) is 15.6 Å². The number of carbonyl (C=O) groups excluding carboxylic acids is 1. The Morgan fingerprint density at radius 3 is 2.60 bits per heavy atom. The summed E-state index contributed by atoms with van der Waals surface area (Å²) in [5, 5.41) is 0.604. The highest BCUT2D eigenvalue weighted by Gasteiger charge is 2.21. The molecule has 1 amide bonds. The number of ether oxygens (including phenoxy) is 1. The zero-order chi connectivity index (χ0) is 10.8. The molecule has 15 heavy (non-hydrogen) atoms. The number of morpholine rings is 1. The van der Waals surface area contributed by atoms with Crippen LogP contribution in [-0.4, -0.2) is 42.1 Å². The first kappa shape index (κ1) is 10.6. The second-order valence-electron chi connectivity index (χ2n) is 3.57. The molecule has 0 radical (unpaired) electrons. The molecule has 0 unspecified atom stereocenters. The van der Waals surface area contributed by atoms with E-state index in [2.05, 4.69) is 4.98 Å². The number of rotatable bonds is 1. The lowest BCUT2D eigenvalue weighted by molar-refractivity contribution is 0.0302. The summed E-state index contributed by atoms with van der Waals surface area (Å²) in [7, 11) is 0. The van der Waals surface area contributed by atoms with Gasteiger partial charge in [0.1, 0.15) is 0 Å². The Bertz CT molecular complexity index is 350. The van der Waals surface area contributed by atoms with Gasteiger partial charge in [0, 0.05) is 18.0 Å². The minimum Gasteiger partial charge on any atom is -0.378 e. The summed E-state index contributed by atoms with van der Waals surface area (Å²) in [6, 6.07) is 0. The minimum atomic E-state index is 0.0412. The van der Waals surface area contributed by atoms with Crippen LogP contribution in [0.1, 0.15) is 20.4 Å². The van der Waals surface area contributed by atoms with Crippen molar-refractivity contribution in [3.8, 4) is 0 Å². The molecule has 0 atom stereocenters. The van der Waals surface area contributed by atoms with E-state index in [-0.39, 0.29) is 5.91 Å². The van der Waals surface area contributed by atoms with Gasteiger partial charge in [-0.15, -0.1) is 11.3 Å². The lowest BCUT2D eigenvalue weighted by Gasteiger charge is -2.25. The molecule has 0 aromatic carbocycles. The first-order chi connectivity index (χ1) is 7.18. The third kappa shape index (κ3) is 2.18. The Morgan fingerprint density at radius 2 is 2.07 bits per heavy atom. The number of aryl methyl sites for hydroxylation is 2. The maximum Gasteiger partial charge on any atom is 0.283 e. The van der Waals surface area contributed by atoms with Crippen LogP contribution >= 0.6 is 11.3 Å². The van der Waals surface area contributed by atoms with Crippen LogP contribution in [0.5, 0.6) is 0 Å². The summed E-state index contributed by atoms with van der Waals surface area (Å²) in [4.78, 5) is 19.2. The Kier molecular flexibility index (Phi) is 3.02. The van der Waals surface area contributed by atoms with Crippen molar-refractivity contribution in [3.63, 3.8) is 0 Å². The summed E-state index contributed by atoms with van der Waals surface area (Å²) in [6.45, 7) is 6.54. The summed E-state index contributed by atoms with van der Waals surface area (Å²) in [6.07, 6.45) is 0. The van der Waals surface area contributed by atoms with Crippen molar-refractivity contribution in [1.29, 1.82) is 0 Å². The maximum absolute atomic E-state index is 12.0. The van der Waals surface area contributed by atoms with Crippen molar-refractivity contribution in [2.75, 3.05) is 26.3 Å². The van der Waals surface area contributed by atoms with Crippen LogP contribution in [0, 0.1) is 13.8 Å². The monoisotopic (exact) mass is 226 g/mol. The van der Waals surface area contributed by atoms with Gasteiger partial charge < -0.3 is 9.64 Å². The van der Waals surface area contributed by atoms with Crippen LogP contribution in [0.25, 0.3) is 0 Å². The Hall–Kier alpha value is -0.940. The molecule has 2 rings (SSSR count). The summed E-state index contributed by atoms with van der Waals surface area (Å²) < 4.78 is 5.20. The van der Waals surface area contributed by atoms with Crippen molar-refractivity contribution in [2.45, 2.75) is 13.8 Å². The van der Waals surface area contributed by atoms with Crippen LogP contribution in [0.3, 0.4) is 0 Å². The summed E-state index contributed by atoms with van der Waals surface area (Å²) >= 11 is 1.47. The van der Waals surface area contributed by atoms with E-state index in [1.807, 2.05) is 13.8 Å². The van der Waals surface area contributed by atoms with Gasteiger partial charge in [-0.3, -0.25) is 4.79 Å². The quantitative estimate of drug-likeness (QED) is 0.723. The number of nitrogens with zero attached hydrogens (tertiary/aromatic N) is 2. The van der Waals surface area contributed by atoms with Crippen LogP contribution in [0.2, 0.25) is 0 Å². The molecule has 0 spiro atoms. The number of thiazole rings is 1. The molecule has 0 aliphatic carbocycles. The van der Waals surface area contributed by atoms with E-state index in [4.69, 9.17) is 4.74 Å². The number of aromatic nitrogens is 1. The molecule has 1 aliphatic rings. The molecule has 1 aromatic rings. The zero-order valence-electron chi connectivity index (χ0n) is 8.95. The second-order valence-corrected chi connectivity index (χ2v) is 4.77. The molecule has 2 heterocycles. The van der Waals surface area contributed by atoms with E-state index in [9.17, 15) is 4.79 Å². The molecule has 1 aliphatic heterocycles. The van der Waals surface area contributed by atoms with Gasteiger partial charge in [-0.1, -0.05) is 0 Å². The van der Waals surface area contributed by atoms with Crippen LogP contribution in [0.4, 0.5) is 0 Å². The van der Waals surface area contributed by atoms with E-state index in [1.54, 1.807) is 4.90 Å². The first-order valence-electron chi connectivity index (χ1n) is 4.99. The third-order valence-electron chi connectivity index (χ3n) is 2.51. The van der Waals surface area contributed by atoms with Gasteiger partial charge in [0.15, 0.2) is 5.01 Å². The number of hydrogen-bond donors (Lipinski definition) is 0. The maximum atomic E-state index is 12.0. The van der Waals surface area contributed by atoms with Gasteiger partial charge in [0.2, 0.25) is 0 Å².